The van der Waals surface area contributed by atoms with Crippen LogP contribution in [-0.4, -0.2) is 97.9 Å². The largest absolute Gasteiger partial charge is 0.481 e. The number of amides is 2. The maximum atomic E-state index is 10.1. The predicted octanol–water partition coefficient (Wildman–Crippen LogP) is -4.27. The number of rotatable bonds is 16. The number of unbranched alkanes of at least 4 members (excludes halogenated alkanes) is 1. The first-order valence-corrected chi connectivity index (χ1v) is 11.2. The summed E-state index contributed by atoms with van der Waals surface area (Å²) in [4.78, 5) is 70.0. The molecule has 0 saturated carbocycles. The molecule has 19 N–H and O–H groups in total. The van der Waals surface area contributed by atoms with E-state index in [4.69, 9.17) is 59.9 Å². The Morgan fingerprint density at radius 3 is 1.13 bits per heavy atom. The first kappa shape index (κ1) is 42.2. The monoisotopic (exact) mass is 571 g/mol. The van der Waals surface area contributed by atoms with Crippen molar-refractivity contribution in [3.8, 4) is 0 Å². The second-order valence-electron chi connectivity index (χ2n) is 7.67. The minimum Gasteiger partial charge on any atom is -0.481 e. The summed E-state index contributed by atoms with van der Waals surface area (Å²) in [5.74, 6) is -6.69. The molecule has 0 rings (SSSR count). The number of aliphatic carboxylic acids is 5. The summed E-state index contributed by atoms with van der Waals surface area (Å²) in [5.41, 5.74) is 34.8. The number of carboxylic acids is 5. The van der Waals surface area contributed by atoms with Gasteiger partial charge in [-0.05, 0) is 32.2 Å². The smallest absolute Gasteiger partial charge is 0.321 e. The predicted molar refractivity (Wildman–Crippen MR) is 134 cm³/mol. The van der Waals surface area contributed by atoms with Crippen LogP contribution in [0.5, 0.6) is 0 Å². The van der Waals surface area contributed by atoms with Crippen LogP contribution in [0.4, 0.5) is 0 Å². The van der Waals surface area contributed by atoms with Crippen molar-refractivity contribution in [2.24, 2.45) is 40.1 Å². The van der Waals surface area contributed by atoms with Crippen molar-refractivity contribution in [1.82, 2.24) is 0 Å². The highest BCUT2D eigenvalue weighted by atomic mass is 16.4. The highest BCUT2D eigenvalue weighted by Crippen LogP contribution is 1.97. The summed E-state index contributed by atoms with van der Waals surface area (Å²) in [7, 11) is 0. The Morgan fingerprint density at radius 2 is 0.872 bits per heavy atom. The summed E-state index contributed by atoms with van der Waals surface area (Å²) in [6.45, 7) is 0.604. The summed E-state index contributed by atoms with van der Waals surface area (Å²) in [6.07, 6.45) is 1.75. The first-order chi connectivity index (χ1) is 17.8. The molecule has 19 nitrogen and oxygen atoms in total. The van der Waals surface area contributed by atoms with Crippen molar-refractivity contribution in [3.05, 3.63) is 0 Å². The third-order valence-electron chi connectivity index (χ3n) is 4.03. The molecule has 19 heteroatoms. The van der Waals surface area contributed by atoms with Crippen LogP contribution < -0.4 is 40.1 Å². The fourth-order valence-corrected chi connectivity index (χ4v) is 1.76. The molecule has 0 aliphatic rings. The summed E-state index contributed by atoms with van der Waals surface area (Å²) < 4.78 is 0. The molecule has 0 bridgehead atoms. The normalized spacial score (nSPS) is 12.6. The molecule has 39 heavy (non-hydrogen) atoms. The zero-order valence-electron chi connectivity index (χ0n) is 21.3. The lowest BCUT2D eigenvalue weighted by atomic mass is 10.1. The van der Waals surface area contributed by atoms with E-state index in [9.17, 15) is 33.6 Å². The van der Waals surface area contributed by atoms with Gasteiger partial charge >= 0.3 is 29.8 Å². The average Bonchev–Trinajstić information content (AvgIpc) is 2.81. The Bertz CT molecular complexity index is 748. The van der Waals surface area contributed by atoms with Gasteiger partial charge < -0.3 is 65.7 Å². The van der Waals surface area contributed by atoms with Crippen molar-refractivity contribution in [2.75, 3.05) is 6.54 Å². The SMILES string of the molecule is NC(=O)CC[C@H](N)C(=O)O.NC(=O)C[C@H](N)C(=O)O.NCCCC[C@H](N)C(=O)O.N[C@@H](CCC(=O)O)C(=O)O. The average molecular weight is 572 g/mol. The van der Waals surface area contributed by atoms with Crippen LogP contribution in [0.1, 0.15) is 51.4 Å². The molecule has 0 heterocycles. The fourth-order valence-electron chi connectivity index (χ4n) is 1.76. The van der Waals surface area contributed by atoms with Crippen LogP contribution in [0.2, 0.25) is 0 Å². The molecule has 0 aliphatic heterocycles. The minimum absolute atomic E-state index is 0.0213. The van der Waals surface area contributed by atoms with Crippen molar-refractivity contribution < 1.29 is 59.1 Å². The van der Waals surface area contributed by atoms with Gasteiger partial charge in [-0.2, -0.15) is 0 Å². The number of carbonyl (C=O) groups is 7. The van der Waals surface area contributed by atoms with Gasteiger partial charge in [0.1, 0.15) is 24.2 Å². The number of hydrogen-bond donors (Lipinski definition) is 12. The molecule has 4 atom stereocenters. The minimum atomic E-state index is -1.21. The number of primary amides is 2. The van der Waals surface area contributed by atoms with E-state index in [1.807, 2.05) is 0 Å². The molecule has 0 aromatic heterocycles. The van der Waals surface area contributed by atoms with Crippen LogP contribution >= 0.6 is 0 Å². The van der Waals surface area contributed by atoms with Crippen molar-refractivity contribution >= 4 is 41.7 Å². The number of carboxylic acid groups (broad SMARTS) is 5. The number of hydrogen-bond acceptors (Lipinski definition) is 12. The lowest BCUT2D eigenvalue weighted by Crippen LogP contribution is -2.34. The van der Waals surface area contributed by atoms with Gasteiger partial charge in [0.2, 0.25) is 11.8 Å². The van der Waals surface area contributed by atoms with Crippen LogP contribution in [-0.2, 0) is 33.6 Å². The van der Waals surface area contributed by atoms with E-state index in [1.165, 1.54) is 0 Å². The zero-order chi connectivity index (χ0) is 31.7. The van der Waals surface area contributed by atoms with Crippen LogP contribution in [0, 0.1) is 0 Å². The second-order valence-corrected chi connectivity index (χ2v) is 7.67. The highest BCUT2D eigenvalue weighted by molar-refractivity contribution is 5.83. The van der Waals surface area contributed by atoms with Crippen molar-refractivity contribution in [2.45, 2.75) is 75.5 Å². The Kier molecular flexibility index (Phi) is 27.8. The van der Waals surface area contributed by atoms with Gasteiger partial charge in [-0.15, -0.1) is 0 Å². The molecule has 0 spiro atoms. The van der Waals surface area contributed by atoms with Crippen LogP contribution in [0.25, 0.3) is 0 Å². The van der Waals surface area contributed by atoms with Gasteiger partial charge in [0.05, 0.1) is 6.42 Å². The number of nitrogens with two attached hydrogens (primary N) is 7. The van der Waals surface area contributed by atoms with Crippen LogP contribution in [0.3, 0.4) is 0 Å². The maximum Gasteiger partial charge on any atom is 0.321 e. The van der Waals surface area contributed by atoms with Crippen LogP contribution in [0.15, 0.2) is 0 Å². The summed E-state index contributed by atoms with van der Waals surface area (Å²) >= 11 is 0. The standard InChI is InChI=1S/C6H14N2O2.C5H10N2O3.C5H9NO4.C4H8N2O3/c7-4-2-1-3-5(8)6(9)10;2*6-3(5(9)10)1-2-4(7)8;5-2(4(8)9)1-3(6)7/h5H,1-4,7-8H2,(H,9,10);3H,1-2,6H2,(H2,7,8)(H,9,10);3H,1-2,6H2,(H,7,8)(H,9,10);2H,1,5H2,(H2,6,7)(H,8,9)/t5-;2*3-;2-/m0000/s1. The van der Waals surface area contributed by atoms with E-state index >= 15 is 0 Å². The Balaban J connectivity index is -0.000000210. The zero-order valence-corrected chi connectivity index (χ0v) is 21.3. The lowest BCUT2D eigenvalue weighted by molar-refractivity contribution is -0.141. The lowest BCUT2D eigenvalue weighted by Gasteiger charge is -2.03. The van der Waals surface area contributed by atoms with Gasteiger partial charge in [0.15, 0.2) is 0 Å². The maximum absolute atomic E-state index is 10.1. The molecule has 0 unspecified atom stereocenters. The number of carbonyl (C=O) groups excluding carboxylic acids is 2. The molecule has 0 saturated heterocycles. The van der Waals surface area contributed by atoms with Gasteiger partial charge in [0, 0.05) is 12.8 Å². The van der Waals surface area contributed by atoms with E-state index < -0.39 is 65.8 Å². The second kappa shape index (κ2) is 25.7. The Labute approximate surface area is 223 Å². The first-order valence-electron chi connectivity index (χ1n) is 11.2. The summed E-state index contributed by atoms with van der Waals surface area (Å²) in [6, 6.07) is -3.92. The van der Waals surface area contributed by atoms with E-state index in [2.05, 4.69) is 5.73 Å². The molecule has 0 aliphatic carbocycles. The molecule has 0 fully saturated rings. The van der Waals surface area contributed by atoms with Gasteiger partial charge in [0.25, 0.3) is 0 Å². The molecule has 228 valence electrons. The molecule has 0 radical (unpaired) electrons. The van der Waals surface area contributed by atoms with E-state index in [0.717, 1.165) is 12.8 Å². The molecule has 2 amide bonds. The van der Waals surface area contributed by atoms with Crippen molar-refractivity contribution in [1.29, 1.82) is 0 Å². The quantitative estimate of drug-likeness (QED) is 0.0779. The Morgan fingerprint density at radius 1 is 0.513 bits per heavy atom. The van der Waals surface area contributed by atoms with E-state index in [-0.39, 0.29) is 32.1 Å². The molecular weight excluding hydrogens is 530 g/mol. The molecule has 0 aromatic rings. The van der Waals surface area contributed by atoms with Gasteiger partial charge in [-0.25, -0.2) is 0 Å². The Hall–Kier alpha value is -3.91. The van der Waals surface area contributed by atoms with Crippen molar-refractivity contribution in [3.63, 3.8) is 0 Å². The topological polar surface area (TPSA) is 403 Å². The van der Waals surface area contributed by atoms with E-state index in [0.29, 0.717) is 13.0 Å². The van der Waals surface area contributed by atoms with E-state index in [1.54, 1.807) is 0 Å². The fraction of sp³-hybridized carbons (Fsp3) is 0.650. The summed E-state index contributed by atoms with van der Waals surface area (Å²) in [5, 5.41) is 40.9. The van der Waals surface area contributed by atoms with Gasteiger partial charge in [-0.3, -0.25) is 33.6 Å². The highest BCUT2D eigenvalue weighted by Gasteiger charge is 2.14. The van der Waals surface area contributed by atoms with Gasteiger partial charge in [-0.1, -0.05) is 6.42 Å². The third kappa shape index (κ3) is 36.3. The molecule has 0 aromatic carbocycles. The molecular formula is C20H41N7O12. The third-order valence-corrected chi connectivity index (χ3v) is 4.03.